The number of ether oxygens (including phenoxy) is 1. The van der Waals surface area contributed by atoms with Crippen LogP contribution in [0.4, 0.5) is 5.69 Å². The van der Waals surface area contributed by atoms with E-state index in [0.717, 1.165) is 5.56 Å². The standard InChI is InChI=1S/C21H20N2O5S/c1-15-19(22-20(28-15)16-7-3-2-4-8-16)14-27-21(24)17-9-5-10-18(13-17)23-11-6-12-29(23,25)26/h2-5,7-10,13H,6,11-12,14H2,1H3. The minimum Gasteiger partial charge on any atom is -0.455 e. The first-order valence-corrected chi connectivity index (χ1v) is 10.8. The van der Waals surface area contributed by atoms with Crippen molar-refractivity contribution in [1.82, 2.24) is 4.98 Å². The zero-order valence-corrected chi connectivity index (χ0v) is 16.7. The van der Waals surface area contributed by atoms with Crippen molar-refractivity contribution in [2.75, 3.05) is 16.6 Å². The van der Waals surface area contributed by atoms with E-state index in [-0.39, 0.29) is 17.9 Å². The second-order valence-electron chi connectivity index (χ2n) is 6.76. The number of carbonyl (C=O) groups excluding carboxylic acids is 1. The Kier molecular flexibility index (Phi) is 5.10. The summed E-state index contributed by atoms with van der Waals surface area (Å²) >= 11 is 0. The van der Waals surface area contributed by atoms with E-state index in [9.17, 15) is 13.2 Å². The highest BCUT2D eigenvalue weighted by Gasteiger charge is 2.28. The second-order valence-corrected chi connectivity index (χ2v) is 8.77. The van der Waals surface area contributed by atoms with Crippen LogP contribution in [0.1, 0.15) is 28.2 Å². The Labute approximate surface area is 169 Å². The SMILES string of the molecule is Cc1oc(-c2ccccc2)nc1COC(=O)c1cccc(N2CCCS2(=O)=O)c1. The van der Waals surface area contributed by atoms with Crippen LogP contribution in [0.3, 0.4) is 0 Å². The predicted molar refractivity (Wildman–Crippen MR) is 108 cm³/mol. The van der Waals surface area contributed by atoms with Gasteiger partial charge in [-0.1, -0.05) is 24.3 Å². The van der Waals surface area contributed by atoms with Gasteiger partial charge in [-0.25, -0.2) is 18.2 Å². The average Bonchev–Trinajstić information content (AvgIpc) is 3.28. The van der Waals surface area contributed by atoms with Crippen molar-refractivity contribution in [2.24, 2.45) is 0 Å². The number of rotatable bonds is 5. The van der Waals surface area contributed by atoms with Gasteiger partial charge in [0.2, 0.25) is 15.9 Å². The number of aromatic nitrogens is 1. The quantitative estimate of drug-likeness (QED) is 0.596. The fourth-order valence-electron chi connectivity index (χ4n) is 3.20. The molecule has 2 aromatic carbocycles. The Morgan fingerprint density at radius 1 is 1.17 bits per heavy atom. The molecule has 0 N–H and O–H groups in total. The molecule has 0 radical (unpaired) electrons. The van der Waals surface area contributed by atoms with Crippen LogP contribution in [0.25, 0.3) is 11.5 Å². The van der Waals surface area contributed by atoms with Crippen LogP contribution >= 0.6 is 0 Å². The van der Waals surface area contributed by atoms with Gasteiger partial charge in [-0.2, -0.15) is 0 Å². The van der Waals surface area contributed by atoms with E-state index in [1.807, 2.05) is 30.3 Å². The van der Waals surface area contributed by atoms with E-state index in [4.69, 9.17) is 9.15 Å². The van der Waals surface area contributed by atoms with Crippen molar-refractivity contribution in [1.29, 1.82) is 0 Å². The van der Waals surface area contributed by atoms with Gasteiger partial charge >= 0.3 is 5.97 Å². The average molecular weight is 412 g/mol. The topological polar surface area (TPSA) is 89.7 Å². The van der Waals surface area contributed by atoms with Crippen molar-refractivity contribution < 1.29 is 22.4 Å². The molecule has 0 bridgehead atoms. The smallest absolute Gasteiger partial charge is 0.338 e. The van der Waals surface area contributed by atoms with Crippen LogP contribution in [0.2, 0.25) is 0 Å². The number of hydrogen-bond donors (Lipinski definition) is 0. The number of oxazole rings is 1. The van der Waals surface area contributed by atoms with Gasteiger partial charge in [0.1, 0.15) is 18.1 Å². The van der Waals surface area contributed by atoms with Gasteiger partial charge in [0, 0.05) is 12.1 Å². The zero-order chi connectivity index (χ0) is 20.4. The third-order valence-corrected chi connectivity index (χ3v) is 6.59. The summed E-state index contributed by atoms with van der Waals surface area (Å²) in [6, 6.07) is 15.9. The van der Waals surface area contributed by atoms with E-state index in [0.29, 0.717) is 36.0 Å². The lowest BCUT2D eigenvalue weighted by atomic mass is 10.2. The lowest BCUT2D eigenvalue weighted by molar-refractivity contribution is 0.0467. The normalized spacial score (nSPS) is 15.4. The highest BCUT2D eigenvalue weighted by molar-refractivity contribution is 7.93. The van der Waals surface area contributed by atoms with Gasteiger partial charge in [-0.15, -0.1) is 0 Å². The Bertz CT molecular complexity index is 1140. The van der Waals surface area contributed by atoms with Gasteiger partial charge in [0.15, 0.2) is 0 Å². The third kappa shape index (κ3) is 4.02. The van der Waals surface area contributed by atoms with Crippen LogP contribution in [0.5, 0.6) is 0 Å². The fraction of sp³-hybridized carbons (Fsp3) is 0.238. The van der Waals surface area contributed by atoms with Crippen molar-refractivity contribution in [3.05, 3.63) is 71.6 Å². The summed E-state index contributed by atoms with van der Waals surface area (Å²) in [5.41, 5.74) is 2.14. The van der Waals surface area contributed by atoms with Crippen LogP contribution in [0.15, 0.2) is 59.0 Å². The Hall–Kier alpha value is -3.13. The number of carbonyl (C=O) groups is 1. The van der Waals surface area contributed by atoms with Crippen LogP contribution < -0.4 is 4.31 Å². The molecule has 0 spiro atoms. The van der Waals surface area contributed by atoms with Gasteiger partial charge < -0.3 is 9.15 Å². The highest BCUT2D eigenvalue weighted by atomic mass is 32.2. The predicted octanol–water partition coefficient (Wildman–Crippen LogP) is 3.55. The second kappa shape index (κ2) is 7.71. The molecule has 4 rings (SSSR count). The molecule has 0 atom stereocenters. The Morgan fingerprint density at radius 2 is 1.97 bits per heavy atom. The maximum absolute atomic E-state index is 12.5. The van der Waals surface area contributed by atoms with Crippen LogP contribution in [-0.2, 0) is 21.4 Å². The summed E-state index contributed by atoms with van der Waals surface area (Å²) in [6.45, 7) is 2.15. The van der Waals surface area contributed by atoms with Gasteiger partial charge in [0.25, 0.3) is 0 Å². The molecule has 1 saturated heterocycles. The van der Waals surface area contributed by atoms with Crippen molar-refractivity contribution in [3.8, 4) is 11.5 Å². The van der Waals surface area contributed by atoms with Gasteiger partial charge in [-0.05, 0) is 43.7 Å². The maximum Gasteiger partial charge on any atom is 0.338 e. The number of aryl methyl sites for hydroxylation is 1. The molecule has 1 aliphatic heterocycles. The molecular formula is C21H20N2O5S. The van der Waals surface area contributed by atoms with Crippen molar-refractivity contribution in [3.63, 3.8) is 0 Å². The molecule has 2 heterocycles. The minimum atomic E-state index is -3.31. The van der Waals surface area contributed by atoms with Gasteiger partial charge in [0.05, 0.1) is 17.0 Å². The number of nitrogens with zero attached hydrogens (tertiary/aromatic N) is 2. The molecule has 0 unspecified atom stereocenters. The first-order valence-electron chi connectivity index (χ1n) is 9.23. The zero-order valence-electron chi connectivity index (χ0n) is 15.9. The minimum absolute atomic E-state index is 0.0345. The Morgan fingerprint density at radius 3 is 2.69 bits per heavy atom. The van der Waals surface area contributed by atoms with Crippen molar-refractivity contribution in [2.45, 2.75) is 20.0 Å². The van der Waals surface area contributed by atoms with Gasteiger partial charge in [-0.3, -0.25) is 4.31 Å². The Balaban J connectivity index is 1.47. The van der Waals surface area contributed by atoms with Crippen LogP contribution in [0, 0.1) is 6.92 Å². The lowest BCUT2D eigenvalue weighted by Gasteiger charge is -2.17. The molecule has 0 aliphatic carbocycles. The first-order chi connectivity index (χ1) is 13.9. The van der Waals surface area contributed by atoms with Crippen molar-refractivity contribution >= 4 is 21.7 Å². The van der Waals surface area contributed by atoms with E-state index in [1.165, 1.54) is 10.4 Å². The summed E-state index contributed by atoms with van der Waals surface area (Å²) in [5.74, 6) is 0.618. The molecule has 8 heteroatoms. The number of sulfonamides is 1. The number of benzene rings is 2. The molecule has 0 saturated carbocycles. The highest BCUT2D eigenvalue weighted by Crippen LogP contribution is 2.26. The number of esters is 1. The molecule has 150 valence electrons. The first kappa shape index (κ1) is 19.2. The lowest BCUT2D eigenvalue weighted by Crippen LogP contribution is -2.25. The summed E-state index contributed by atoms with van der Waals surface area (Å²) in [5, 5.41) is 0. The summed E-state index contributed by atoms with van der Waals surface area (Å²) in [7, 11) is -3.31. The summed E-state index contributed by atoms with van der Waals surface area (Å²) in [6.07, 6.45) is 0.576. The van der Waals surface area contributed by atoms with E-state index >= 15 is 0 Å². The maximum atomic E-state index is 12.5. The fourth-order valence-corrected chi connectivity index (χ4v) is 4.76. The molecule has 3 aromatic rings. The van der Waals surface area contributed by atoms with Crippen LogP contribution in [-0.4, -0.2) is 31.7 Å². The van der Waals surface area contributed by atoms with E-state index in [2.05, 4.69) is 4.98 Å². The largest absolute Gasteiger partial charge is 0.455 e. The van der Waals surface area contributed by atoms with E-state index in [1.54, 1.807) is 25.1 Å². The van der Waals surface area contributed by atoms with E-state index < -0.39 is 16.0 Å². The number of hydrogen-bond acceptors (Lipinski definition) is 6. The summed E-state index contributed by atoms with van der Waals surface area (Å²) in [4.78, 5) is 16.9. The molecule has 1 aliphatic rings. The third-order valence-electron chi connectivity index (χ3n) is 4.72. The molecule has 29 heavy (non-hydrogen) atoms. The molecular weight excluding hydrogens is 392 g/mol. The molecule has 1 fully saturated rings. The summed E-state index contributed by atoms with van der Waals surface area (Å²) < 4.78 is 36.6. The molecule has 7 nitrogen and oxygen atoms in total. The number of anilines is 1. The monoisotopic (exact) mass is 412 g/mol. The molecule has 1 aromatic heterocycles. The molecule has 0 amide bonds.